The third-order valence-electron chi connectivity index (χ3n) is 3.43. The van der Waals surface area contributed by atoms with Gasteiger partial charge >= 0.3 is 5.97 Å². The molecule has 0 aliphatic heterocycles. The number of esters is 1. The monoisotopic (exact) mass is 269 g/mol. The summed E-state index contributed by atoms with van der Waals surface area (Å²) in [5, 5.41) is 2.10. The summed E-state index contributed by atoms with van der Waals surface area (Å²) in [6.07, 6.45) is 0.393. The Morgan fingerprint density at radius 3 is 2.75 bits per heavy atom. The number of hydrogen-bond donors (Lipinski definition) is 1. The molecule has 0 saturated heterocycles. The lowest BCUT2D eigenvalue weighted by Gasteiger charge is -2.09. The van der Waals surface area contributed by atoms with E-state index in [2.05, 4.69) is 4.74 Å². The van der Waals surface area contributed by atoms with Crippen LogP contribution in [0.25, 0.3) is 21.9 Å². The van der Waals surface area contributed by atoms with Crippen molar-refractivity contribution in [2.75, 3.05) is 7.11 Å². The van der Waals surface area contributed by atoms with E-state index >= 15 is 0 Å². The molecule has 20 heavy (non-hydrogen) atoms. The summed E-state index contributed by atoms with van der Waals surface area (Å²) in [6, 6.07) is 13.1. The molecule has 1 unspecified atom stereocenters. The molecule has 1 atom stereocenters. The number of methoxy groups -OCH3 is 1. The number of fused-ring (bicyclic) bond motifs is 3. The second kappa shape index (κ2) is 4.98. The standard InChI is InChI=1S/C16H15NO3/c1-19-16(18)13(17)9-10-5-4-7-12-11-6-2-3-8-14(11)20-15(10)12/h2-8,13H,9,17H2,1H3. The van der Waals surface area contributed by atoms with Gasteiger partial charge in [-0.1, -0.05) is 36.4 Å². The SMILES string of the molecule is COC(=O)C(N)Cc1cccc2c1oc1ccccc12. The van der Waals surface area contributed by atoms with Crippen LogP contribution in [0.5, 0.6) is 0 Å². The van der Waals surface area contributed by atoms with E-state index in [1.807, 2.05) is 42.5 Å². The summed E-state index contributed by atoms with van der Waals surface area (Å²) in [4.78, 5) is 11.4. The molecule has 0 aliphatic rings. The third kappa shape index (κ3) is 2.04. The van der Waals surface area contributed by atoms with Crippen LogP contribution in [0.15, 0.2) is 46.9 Å². The van der Waals surface area contributed by atoms with Crippen molar-refractivity contribution in [2.24, 2.45) is 5.73 Å². The quantitative estimate of drug-likeness (QED) is 0.742. The van der Waals surface area contributed by atoms with Crippen molar-refractivity contribution in [3.8, 4) is 0 Å². The lowest BCUT2D eigenvalue weighted by Crippen LogP contribution is -2.33. The minimum atomic E-state index is -0.682. The Morgan fingerprint density at radius 1 is 1.20 bits per heavy atom. The lowest BCUT2D eigenvalue weighted by atomic mass is 10.0. The van der Waals surface area contributed by atoms with Crippen molar-refractivity contribution in [3.05, 3.63) is 48.0 Å². The first-order valence-electron chi connectivity index (χ1n) is 6.43. The van der Waals surface area contributed by atoms with E-state index in [4.69, 9.17) is 10.2 Å². The average Bonchev–Trinajstić information content (AvgIpc) is 2.86. The van der Waals surface area contributed by atoms with Gasteiger partial charge in [0.15, 0.2) is 0 Å². The first kappa shape index (κ1) is 12.7. The van der Waals surface area contributed by atoms with Crippen LogP contribution in [-0.4, -0.2) is 19.1 Å². The predicted molar refractivity (Wildman–Crippen MR) is 77.4 cm³/mol. The van der Waals surface area contributed by atoms with E-state index in [9.17, 15) is 4.79 Å². The van der Waals surface area contributed by atoms with Crippen LogP contribution in [0.3, 0.4) is 0 Å². The van der Waals surface area contributed by atoms with E-state index < -0.39 is 12.0 Å². The number of para-hydroxylation sites is 2. The Balaban J connectivity index is 2.10. The zero-order chi connectivity index (χ0) is 14.1. The number of nitrogens with two attached hydrogens (primary N) is 1. The second-order valence-corrected chi connectivity index (χ2v) is 4.73. The van der Waals surface area contributed by atoms with Gasteiger partial charge in [-0.2, -0.15) is 0 Å². The molecule has 0 bridgehead atoms. The van der Waals surface area contributed by atoms with Crippen LogP contribution < -0.4 is 5.73 Å². The molecule has 0 saturated carbocycles. The summed E-state index contributed by atoms with van der Waals surface area (Å²) < 4.78 is 10.6. The van der Waals surface area contributed by atoms with Gasteiger partial charge < -0.3 is 14.9 Å². The number of hydrogen-bond acceptors (Lipinski definition) is 4. The summed E-state index contributed by atoms with van der Waals surface area (Å²) in [7, 11) is 1.34. The van der Waals surface area contributed by atoms with Gasteiger partial charge in [0.2, 0.25) is 0 Å². The van der Waals surface area contributed by atoms with Gasteiger partial charge in [-0.15, -0.1) is 0 Å². The molecule has 0 radical (unpaired) electrons. The van der Waals surface area contributed by atoms with Crippen molar-refractivity contribution in [2.45, 2.75) is 12.5 Å². The van der Waals surface area contributed by atoms with Crippen molar-refractivity contribution in [1.82, 2.24) is 0 Å². The van der Waals surface area contributed by atoms with Crippen LogP contribution >= 0.6 is 0 Å². The summed E-state index contributed by atoms with van der Waals surface area (Å²) in [5.74, 6) is -0.418. The van der Waals surface area contributed by atoms with Crippen molar-refractivity contribution >= 4 is 27.9 Å². The fourth-order valence-corrected chi connectivity index (χ4v) is 2.44. The third-order valence-corrected chi connectivity index (χ3v) is 3.43. The Morgan fingerprint density at radius 2 is 1.95 bits per heavy atom. The van der Waals surface area contributed by atoms with Gasteiger partial charge in [0.25, 0.3) is 0 Å². The average molecular weight is 269 g/mol. The highest BCUT2D eigenvalue weighted by Crippen LogP contribution is 2.31. The van der Waals surface area contributed by atoms with E-state index in [-0.39, 0.29) is 0 Å². The Kier molecular flexibility index (Phi) is 3.16. The minimum absolute atomic E-state index is 0.393. The van der Waals surface area contributed by atoms with E-state index in [1.54, 1.807) is 0 Å². The Bertz CT molecular complexity index is 776. The van der Waals surface area contributed by atoms with Gasteiger partial charge in [0, 0.05) is 17.2 Å². The number of carbonyl (C=O) groups excluding carboxylic acids is 1. The molecule has 0 spiro atoms. The minimum Gasteiger partial charge on any atom is -0.468 e. The molecular formula is C16H15NO3. The van der Waals surface area contributed by atoms with Crippen molar-refractivity contribution in [1.29, 1.82) is 0 Å². The molecule has 4 heteroatoms. The van der Waals surface area contributed by atoms with E-state index in [0.717, 1.165) is 27.5 Å². The van der Waals surface area contributed by atoms with Crippen LogP contribution in [0, 0.1) is 0 Å². The predicted octanol–water partition coefficient (Wildman–Crippen LogP) is 2.63. The molecular weight excluding hydrogens is 254 g/mol. The van der Waals surface area contributed by atoms with Gasteiger partial charge in [0.05, 0.1) is 7.11 Å². The maximum Gasteiger partial charge on any atom is 0.322 e. The molecule has 0 amide bonds. The maximum atomic E-state index is 11.4. The van der Waals surface area contributed by atoms with Crippen LogP contribution in [0.1, 0.15) is 5.56 Å². The Hall–Kier alpha value is -2.33. The normalized spacial score (nSPS) is 12.7. The van der Waals surface area contributed by atoms with Crippen LogP contribution in [-0.2, 0) is 16.0 Å². The van der Waals surface area contributed by atoms with Gasteiger partial charge in [-0.3, -0.25) is 4.79 Å². The van der Waals surface area contributed by atoms with E-state index in [0.29, 0.717) is 6.42 Å². The summed E-state index contributed by atoms with van der Waals surface area (Å²) in [5.41, 5.74) is 8.36. The molecule has 3 rings (SSSR count). The number of rotatable bonds is 3. The molecule has 3 aromatic rings. The molecule has 1 aromatic heterocycles. The molecule has 1 heterocycles. The highest BCUT2D eigenvalue weighted by molar-refractivity contribution is 6.05. The van der Waals surface area contributed by atoms with E-state index in [1.165, 1.54) is 7.11 Å². The number of carbonyl (C=O) groups is 1. The highest BCUT2D eigenvalue weighted by atomic mass is 16.5. The number of furan rings is 1. The number of ether oxygens (including phenoxy) is 1. The van der Waals surface area contributed by atoms with Gasteiger partial charge in [-0.05, 0) is 11.6 Å². The smallest absolute Gasteiger partial charge is 0.322 e. The Labute approximate surface area is 116 Å². The summed E-state index contributed by atoms with van der Waals surface area (Å²) >= 11 is 0. The molecule has 4 nitrogen and oxygen atoms in total. The van der Waals surface area contributed by atoms with Crippen LogP contribution in [0.4, 0.5) is 0 Å². The fourth-order valence-electron chi connectivity index (χ4n) is 2.44. The maximum absolute atomic E-state index is 11.4. The topological polar surface area (TPSA) is 65.5 Å². The van der Waals surface area contributed by atoms with Gasteiger partial charge in [-0.25, -0.2) is 0 Å². The van der Waals surface area contributed by atoms with Crippen molar-refractivity contribution in [3.63, 3.8) is 0 Å². The van der Waals surface area contributed by atoms with Gasteiger partial charge in [0.1, 0.15) is 17.2 Å². The second-order valence-electron chi connectivity index (χ2n) is 4.73. The molecule has 2 N–H and O–H groups in total. The fraction of sp³-hybridized carbons (Fsp3) is 0.188. The lowest BCUT2D eigenvalue weighted by molar-refractivity contribution is -0.142. The van der Waals surface area contributed by atoms with Crippen molar-refractivity contribution < 1.29 is 13.9 Å². The molecule has 0 fully saturated rings. The summed E-state index contributed by atoms with van der Waals surface area (Å²) in [6.45, 7) is 0. The zero-order valence-corrected chi connectivity index (χ0v) is 11.1. The largest absolute Gasteiger partial charge is 0.468 e. The number of benzene rings is 2. The molecule has 102 valence electrons. The first-order valence-corrected chi connectivity index (χ1v) is 6.43. The van der Waals surface area contributed by atoms with Crippen LogP contribution in [0.2, 0.25) is 0 Å². The molecule has 2 aromatic carbocycles. The zero-order valence-electron chi connectivity index (χ0n) is 11.1. The highest BCUT2D eigenvalue weighted by Gasteiger charge is 2.17. The molecule has 0 aliphatic carbocycles. The first-order chi connectivity index (χ1) is 9.70.